The van der Waals surface area contributed by atoms with E-state index < -0.39 is 44.8 Å². The number of benzene rings is 1. The molecular weight excluding hydrogens is 460 g/mol. The molecule has 160 valence electrons. The molecule has 0 aliphatic carbocycles. The molecule has 2 aromatic heterocycles. The van der Waals surface area contributed by atoms with Crippen LogP contribution >= 0.6 is 0 Å². The molecule has 3 rings (SSSR count). The number of rotatable bonds is 8. The Bertz CT molecular complexity index is 1060. The number of primary amides is 1. The summed E-state index contributed by atoms with van der Waals surface area (Å²) in [6, 6.07) is 0.861. The minimum absolute atomic E-state index is 0.113. The van der Waals surface area contributed by atoms with Gasteiger partial charge in [-0.1, -0.05) is 0 Å². The standard InChI is InChI=1S/C19H22AsF3N6O/c1-9(2)20-18-25-8-14-17(28-18)29(10(3)4-5-15(24)30)19(26-14)27-16-12(22)6-11(21)7-13(16)23/h6-10,20H,4-5H2,1-3H3,(H2,24,30)(H,26,27)/t10-/m0/s1. The molecule has 2 atom stereocenters. The van der Waals surface area contributed by atoms with Gasteiger partial charge in [-0.25, -0.2) is 0 Å². The third-order valence-corrected chi connectivity index (χ3v) is 6.60. The average Bonchev–Trinajstić information content (AvgIpc) is 2.99. The van der Waals surface area contributed by atoms with Gasteiger partial charge in [-0.2, -0.15) is 0 Å². The van der Waals surface area contributed by atoms with E-state index in [-0.39, 0.29) is 18.4 Å². The van der Waals surface area contributed by atoms with Gasteiger partial charge in [-0.05, 0) is 0 Å². The normalized spacial score (nSPS) is 12.9. The Morgan fingerprint density at radius 1 is 1.20 bits per heavy atom. The van der Waals surface area contributed by atoms with Crippen molar-refractivity contribution in [3.05, 3.63) is 35.8 Å². The average molecular weight is 482 g/mol. The number of nitrogens with one attached hydrogen (secondary N) is 1. The van der Waals surface area contributed by atoms with Gasteiger partial charge in [0.15, 0.2) is 0 Å². The zero-order chi connectivity index (χ0) is 22.0. The summed E-state index contributed by atoms with van der Waals surface area (Å²) in [5.41, 5.74) is 5.67. The third-order valence-electron chi connectivity index (χ3n) is 4.34. The molecule has 30 heavy (non-hydrogen) atoms. The van der Waals surface area contributed by atoms with Crippen LogP contribution in [0.5, 0.6) is 0 Å². The van der Waals surface area contributed by atoms with Crippen molar-refractivity contribution < 1.29 is 18.0 Å². The van der Waals surface area contributed by atoms with E-state index in [1.54, 1.807) is 10.8 Å². The Hall–Kier alpha value is -2.61. The molecule has 0 aliphatic rings. The number of nitrogens with zero attached hydrogens (tertiary/aromatic N) is 4. The van der Waals surface area contributed by atoms with Crippen molar-refractivity contribution in [2.45, 2.75) is 44.4 Å². The summed E-state index contributed by atoms with van der Waals surface area (Å²) in [5.74, 6) is -3.55. The number of hydrogen-bond donors (Lipinski definition) is 2. The predicted octanol–water partition coefficient (Wildman–Crippen LogP) is 2.70. The number of nitrogens with two attached hydrogens (primary N) is 1. The van der Waals surface area contributed by atoms with Gasteiger partial charge < -0.3 is 0 Å². The van der Waals surface area contributed by atoms with Crippen LogP contribution < -0.4 is 15.7 Å². The second kappa shape index (κ2) is 9.04. The van der Waals surface area contributed by atoms with Gasteiger partial charge in [-0.15, -0.1) is 0 Å². The number of carbonyl (C=O) groups excluding carboxylic acids is 1. The summed E-state index contributed by atoms with van der Waals surface area (Å²) in [6.45, 7) is 6.01. The van der Waals surface area contributed by atoms with E-state index in [2.05, 4.69) is 34.1 Å². The van der Waals surface area contributed by atoms with Crippen molar-refractivity contribution in [2.24, 2.45) is 5.73 Å². The predicted molar refractivity (Wildman–Crippen MR) is 110 cm³/mol. The van der Waals surface area contributed by atoms with Crippen LogP contribution in [-0.4, -0.2) is 41.2 Å². The Labute approximate surface area is 178 Å². The van der Waals surface area contributed by atoms with Gasteiger partial charge >= 0.3 is 178 Å². The monoisotopic (exact) mass is 482 g/mol. The summed E-state index contributed by atoms with van der Waals surface area (Å²) in [6.07, 6.45) is 2.07. The number of amides is 1. The number of imidazole rings is 1. The van der Waals surface area contributed by atoms with Crippen molar-refractivity contribution in [3.63, 3.8) is 0 Å². The van der Waals surface area contributed by atoms with Crippen LogP contribution in [0, 0.1) is 17.5 Å². The quantitative estimate of drug-likeness (QED) is 0.482. The van der Waals surface area contributed by atoms with Crippen LogP contribution in [0.4, 0.5) is 24.8 Å². The number of carbonyl (C=O) groups is 1. The molecular formula is C19H22AsF3N6O. The molecule has 7 nitrogen and oxygen atoms in total. The molecule has 2 heterocycles. The number of anilines is 2. The van der Waals surface area contributed by atoms with E-state index in [1.807, 2.05) is 6.92 Å². The topological polar surface area (TPSA) is 98.7 Å². The second-order valence-electron chi connectivity index (χ2n) is 7.23. The molecule has 0 radical (unpaired) electrons. The molecule has 0 saturated heterocycles. The van der Waals surface area contributed by atoms with E-state index in [1.165, 1.54) is 0 Å². The Balaban J connectivity index is 2.10. The fraction of sp³-hybridized carbons (Fsp3) is 0.368. The van der Waals surface area contributed by atoms with Crippen LogP contribution in [0.1, 0.15) is 39.7 Å². The summed E-state index contributed by atoms with van der Waals surface area (Å²) in [4.78, 5) is 24.6. The molecule has 1 amide bonds. The van der Waals surface area contributed by atoms with Crippen molar-refractivity contribution >= 4 is 49.1 Å². The molecule has 1 unspecified atom stereocenters. The Morgan fingerprint density at radius 3 is 2.47 bits per heavy atom. The van der Waals surface area contributed by atoms with E-state index in [0.717, 1.165) is 4.61 Å². The number of aromatic nitrogens is 4. The zero-order valence-electron chi connectivity index (χ0n) is 16.7. The van der Waals surface area contributed by atoms with Crippen molar-refractivity contribution in [2.75, 3.05) is 5.32 Å². The minimum atomic E-state index is -1.09. The van der Waals surface area contributed by atoms with Gasteiger partial charge in [0, 0.05) is 0 Å². The van der Waals surface area contributed by atoms with Gasteiger partial charge in [0.2, 0.25) is 0 Å². The molecule has 3 N–H and O–H groups in total. The molecule has 0 aliphatic heterocycles. The number of fused-ring (bicyclic) bond motifs is 1. The number of hydrogen-bond acceptors (Lipinski definition) is 5. The maximum absolute atomic E-state index is 14.2. The van der Waals surface area contributed by atoms with Crippen molar-refractivity contribution in [1.29, 1.82) is 0 Å². The van der Waals surface area contributed by atoms with Crippen LogP contribution in [0.15, 0.2) is 18.3 Å². The first-order chi connectivity index (χ1) is 14.2. The molecule has 1 aromatic carbocycles. The fourth-order valence-corrected chi connectivity index (χ4v) is 4.71. The van der Waals surface area contributed by atoms with Crippen molar-refractivity contribution in [1.82, 2.24) is 19.5 Å². The van der Waals surface area contributed by atoms with Crippen molar-refractivity contribution in [3.8, 4) is 0 Å². The van der Waals surface area contributed by atoms with Crippen LogP contribution in [0.2, 0.25) is 4.71 Å². The fourth-order valence-electron chi connectivity index (χ4n) is 2.98. The van der Waals surface area contributed by atoms with Gasteiger partial charge in [0.25, 0.3) is 0 Å². The van der Waals surface area contributed by atoms with E-state index in [9.17, 15) is 18.0 Å². The molecule has 0 fully saturated rings. The molecule has 0 bridgehead atoms. The summed E-state index contributed by atoms with van der Waals surface area (Å²) >= 11 is -0.579. The van der Waals surface area contributed by atoms with Gasteiger partial charge in [0.05, 0.1) is 0 Å². The maximum atomic E-state index is 14.2. The Morgan fingerprint density at radius 2 is 1.87 bits per heavy atom. The summed E-state index contributed by atoms with van der Waals surface area (Å²) in [7, 11) is 0. The van der Waals surface area contributed by atoms with E-state index in [0.29, 0.717) is 34.4 Å². The molecule has 0 saturated carbocycles. The molecule has 3 aromatic rings. The van der Waals surface area contributed by atoms with Crippen LogP contribution in [0.25, 0.3) is 11.2 Å². The van der Waals surface area contributed by atoms with Crippen LogP contribution in [-0.2, 0) is 4.79 Å². The van der Waals surface area contributed by atoms with Crippen LogP contribution in [0.3, 0.4) is 0 Å². The second-order valence-corrected chi connectivity index (χ2v) is 11.2. The van der Waals surface area contributed by atoms with E-state index >= 15 is 0 Å². The molecule has 0 spiro atoms. The third kappa shape index (κ3) is 4.92. The summed E-state index contributed by atoms with van der Waals surface area (Å²) in [5, 5.41) is 2.62. The van der Waals surface area contributed by atoms with Gasteiger partial charge in [-0.3, -0.25) is 0 Å². The SMILES string of the molecule is CC(C)[AsH]c1ncc2nc(Nc3c(F)cc(F)cc3F)n([C@@H](C)CCC(N)=O)c2n1. The first kappa shape index (κ1) is 22.1. The first-order valence-electron chi connectivity index (χ1n) is 9.37. The van der Waals surface area contributed by atoms with E-state index in [4.69, 9.17) is 5.73 Å². The first-order valence-corrected chi connectivity index (χ1v) is 11.6. The molecule has 11 heteroatoms. The zero-order valence-corrected chi connectivity index (χ0v) is 18.8. The Kier molecular flexibility index (Phi) is 6.65. The number of halogens is 3. The summed E-state index contributed by atoms with van der Waals surface area (Å²) < 4.78 is 44.5. The van der Waals surface area contributed by atoms with Gasteiger partial charge in [0.1, 0.15) is 0 Å².